The molecule has 0 bridgehead atoms. The van der Waals surface area contributed by atoms with E-state index in [1.165, 1.54) is 116 Å². The van der Waals surface area contributed by atoms with Gasteiger partial charge in [-0.2, -0.15) is 16.8 Å². The molecule has 44 heavy (non-hydrogen) atoms. The van der Waals surface area contributed by atoms with Gasteiger partial charge in [0.25, 0.3) is 0 Å². The van der Waals surface area contributed by atoms with Crippen molar-refractivity contribution >= 4 is 50.4 Å². The molecule has 0 unspecified atom stereocenters. The molecule has 0 aromatic heterocycles. The van der Waals surface area contributed by atoms with Gasteiger partial charge >= 0.3 is 20.8 Å². The minimum absolute atomic E-state index is 0. The van der Waals surface area contributed by atoms with Gasteiger partial charge in [0.05, 0.1) is 31.8 Å². The maximum atomic E-state index is 9.81. The van der Waals surface area contributed by atoms with Gasteiger partial charge in [-0.3, -0.25) is 18.2 Å². The molecule has 0 spiro atoms. The third kappa shape index (κ3) is 55.0. The number of unbranched alkanes of at least 4 members (excludes halogenated alkanes) is 18. The van der Waals surface area contributed by atoms with Crippen molar-refractivity contribution in [2.24, 2.45) is 5.41 Å². The van der Waals surface area contributed by atoms with E-state index in [0.717, 1.165) is 12.8 Å². The van der Waals surface area contributed by atoms with Crippen LogP contribution in [0, 0.1) is 5.41 Å². The summed E-state index contributed by atoms with van der Waals surface area (Å²) in [7, 11) is -9.33. The number of hydrogen-bond acceptors (Lipinski definition) is 8. The van der Waals surface area contributed by atoms with E-state index in [-0.39, 0.29) is 42.8 Å². The Morgan fingerprint density at radius 1 is 0.455 bits per heavy atom. The van der Waals surface area contributed by atoms with Crippen LogP contribution in [-0.2, 0) is 30.3 Å². The van der Waals surface area contributed by atoms with Crippen LogP contribution in [0.1, 0.15) is 142 Å². The van der Waals surface area contributed by atoms with E-state index >= 15 is 0 Å². The van der Waals surface area contributed by atoms with Gasteiger partial charge in [-0.1, -0.05) is 129 Å². The van der Waals surface area contributed by atoms with Crippen molar-refractivity contribution in [3.05, 3.63) is 0 Å². The molecule has 0 rings (SSSR count). The van der Waals surface area contributed by atoms with Crippen LogP contribution < -0.4 is 0 Å². The smallest absolute Gasteiger partial charge is 0.394 e. The molecule has 0 saturated carbocycles. The average Bonchev–Trinajstić information content (AvgIpc) is 2.91. The summed E-state index contributed by atoms with van der Waals surface area (Å²) in [5, 5.41) is 19.6. The van der Waals surface area contributed by atoms with Gasteiger partial charge in [0.1, 0.15) is 0 Å². The van der Waals surface area contributed by atoms with E-state index in [1.807, 2.05) is 0 Å². The number of hydrogen-bond donors (Lipinski definition) is 6. The van der Waals surface area contributed by atoms with E-state index in [1.54, 1.807) is 0 Å². The summed E-state index contributed by atoms with van der Waals surface area (Å²) in [6, 6.07) is 0. The van der Waals surface area contributed by atoms with Crippen molar-refractivity contribution in [3.8, 4) is 0 Å². The van der Waals surface area contributed by atoms with E-state index in [2.05, 4.69) is 13.8 Å². The molecular weight excluding hydrogens is 627 g/mol. The molecule has 0 aromatic rings. The summed E-state index contributed by atoms with van der Waals surface area (Å²) < 4.78 is 74.8. The van der Waals surface area contributed by atoms with Crippen molar-refractivity contribution in [2.45, 2.75) is 142 Å². The molecule has 12 nitrogen and oxygen atoms in total. The van der Waals surface area contributed by atoms with Gasteiger partial charge in [-0.05, 0) is 12.8 Å². The monoisotopic (exact) mass is 691 g/mol. The second-order valence-electron chi connectivity index (χ2n) is 11.2. The summed E-state index contributed by atoms with van der Waals surface area (Å²) in [5.41, 5.74) is -0.670. The molecule has 15 heteroatoms. The summed E-state index contributed by atoms with van der Waals surface area (Å²) in [4.78, 5) is 0. The Morgan fingerprint density at radius 3 is 0.864 bits per heavy atom. The molecule has 0 aliphatic carbocycles. The van der Waals surface area contributed by atoms with Gasteiger partial charge < -0.3 is 19.7 Å². The summed E-state index contributed by atoms with van der Waals surface area (Å²) in [5.74, 6) is 0. The molecule has 0 aliphatic rings. The molecule has 0 amide bonds. The Balaban J connectivity index is -0.000000623. The molecule has 6 N–H and O–H groups in total. The predicted molar refractivity (Wildman–Crippen MR) is 176 cm³/mol. The van der Waals surface area contributed by atoms with Crippen LogP contribution in [0.4, 0.5) is 0 Å². The SMILES string of the molecule is CCCCCCCCCCCCOCC(CO)(CO)COCCCCCCCCCCCC.O=S(=O)(O)O.O=S(=O)(O)O.[Na]. The molecule has 0 atom stereocenters. The van der Waals surface area contributed by atoms with Crippen molar-refractivity contribution in [3.63, 3.8) is 0 Å². The number of aliphatic hydroxyl groups excluding tert-OH is 2. The Bertz CT molecular complexity index is 688. The van der Waals surface area contributed by atoms with Crippen molar-refractivity contribution in [1.82, 2.24) is 0 Å². The van der Waals surface area contributed by atoms with Gasteiger partial charge in [0.15, 0.2) is 0 Å². The first-order chi connectivity index (χ1) is 20.2. The minimum atomic E-state index is -4.67. The zero-order valence-electron chi connectivity index (χ0n) is 27.8. The van der Waals surface area contributed by atoms with Crippen molar-refractivity contribution in [1.29, 1.82) is 0 Å². The molecular formula is C29H64NaO12S2. The average molecular weight is 692 g/mol. The normalized spacial score (nSPS) is 11.6. The zero-order valence-corrected chi connectivity index (χ0v) is 31.5. The zero-order chi connectivity index (χ0) is 33.3. The minimum Gasteiger partial charge on any atom is -0.396 e. The molecule has 0 aliphatic heterocycles. The van der Waals surface area contributed by atoms with Crippen LogP contribution in [0.2, 0.25) is 0 Å². The largest absolute Gasteiger partial charge is 0.396 e. The first-order valence-electron chi connectivity index (χ1n) is 16.0. The van der Waals surface area contributed by atoms with Crippen LogP contribution in [0.3, 0.4) is 0 Å². The van der Waals surface area contributed by atoms with Gasteiger partial charge in [0.2, 0.25) is 0 Å². The van der Waals surface area contributed by atoms with Crippen molar-refractivity contribution in [2.75, 3.05) is 39.6 Å². The number of aliphatic hydroxyl groups is 2. The van der Waals surface area contributed by atoms with E-state index in [4.69, 9.17) is 44.5 Å². The second kappa shape index (κ2) is 36.4. The number of rotatable bonds is 28. The molecule has 265 valence electrons. The number of ether oxygens (including phenoxy) is 2. The quantitative estimate of drug-likeness (QED) is 0.0310. The van der Waals surface area contributed by atoms with E-state index in [0.29, 0.717) is 26.4 Å². The predicted octanol–water partition coefficient (Wildman–Crippen LogP) is 6.15. The van der Waals surface area contributed by atoms with Crippen LogP contribution in [0.5, 0.6) is 0 Å². The first kappa shape index (κ1) is 51.4. The molecule has 0 aromatic carbocycles. The first-order valence-corrected chi connectivity index (χ1v) is 18.8. The van der Waals surface area contributed by atoms with E-state index < -0.39 is 26.2 Å². The standard InChI is InChI=1S/C29H60O4.Na.2H2O4S/c1-3-5-7-9-11-13-15-17-19-21-23-32-27-29(25-30,26-31)28-33-24-22-20-18-16-14-12-10-8-6-4-2;;2*1-5(2,3)4/h30-31H,3-28H2,1-2H3;;2*(H2,1,2,3,4). The Kier molecular flexibility index (Phi) is 42.6. The third-order valence-electron chi connectivity index (χ3n) is 6.77. The Morgan fingerprint density at radius 2 is 0.659 bits per heavy atom. The van der Waals surface area contributed by atoms with Crippen LogP contribution >= 0.6 is 0 Å². The fraction of sp³-hybridized carbons (Fsp3) is 1.00. The van der Waals surface area contributed by atoms with Gasteiger partial charge in [-0.15, -0.1) is 0 Å². The molecule has 0 heterocycles. The Hall–Kier alpha value is 0.580. The summed E-state index contributed by atoms with van der Waals surface area (Å²) in [6.07, 6.45) is 26.2. The van der Waals surface area contributed by atoms with Gasteiger partial charge in [-0.25, -0.2) is 0 Å². The molecule has 0 saturated heterocycles. The summed E-state index contributed by atoms with van der Waals surface area (Å²) >= 11 is 0. The van der Waals surface area contributed by atoms with Crippen molar-refractivity contribution < 1.29 is 54.7 Å². The van der Waals surface area contributed by atoms with Crippen LogP contribution in [0.25, 0.3) is 0 Å². The third-order valence-corrected chi connectivity index (χ3v) is 6.77. The van der Waals surface area contributed by atoms with Crippen LogP contribution in [0.15, 0.2) is 0 Å². The maximum Gasteiger partial charge on any atom is 0.394 e. The summed E-state index contributed by atoms with van der Waals surface area (Å²) in [6.45, 7) is 6.48. The van der Waals surface area contributed by atoms with Crippen LogP contribution in [-0.4, -0.2) is 114 Å². The van der Waals surface area contributed by atoms with E-state index in [9.17, 15) is 10.2 Å². The Labute approximate surface area is 290 Å². The fourth-order valence-corrected chi connectivity index (χ4v) is 4.23. The maximum absolute atomic E-state index is 9.81. The fourth-order valence-electron chi connectivity index (χ4n) is 4.23. The molecule has 0 fully saturated rings. The second-order valence-corrected chi connectivity index (χ2v) is 13.0. The van der Waals surface area contributed by atoms with Gasteiger partial charge in [0, 0.05) is 42.8 Å². The molecule has 1 radical (unpaired) electrons. The topological polar surface area (TPSA) is 208 Å².